The van der Waals surface area contributed by atoms with Crippen molar-refractivity contribution in [1.82, 2.24) is 0 Å². The van der Waals surface area contributed by atoms with Crippen LogP contribution in [0.4, 0.5) is 0 Å². The highest BCUT2D eigenvalue weighted by molar-refractivity contribution is 6.32. The Balaban J connectivity index is 2.76. The summed E-state index contributed by atoms with van der Waals surface area (Å²) in [5.74, 6) is -0.613. The van der Waals surface area contributed by atoms with Crippen LogP contribution in [0.3, 0.4) is 0 Å². The van der Waals surface area contributed by atoms with Crippen molar-refractivity contribution in [2.24, 2.45) is 0 Å². The van der Waals surface area contributed by atoms with Crippen LogP contribution >= 0.6 is 11.6 Å². The highest BCUT2D eigenvalue weighted by atomic mass is 35.5. The summed E-state index contributed by atoms with van der Waals surface area (Å²) in [6.45, 7) is 1.89. The van der Waals surface area contributed by atoms with Crippen molar-refractivity contribution in [3.8, 4) is 5.75 Å². The first kappa shape index (κ1) is 10.6. The number of halogens is 1. The first-order valence-electron chi connectivity index (χ1n) is 3.92. The van der Waals surface area contributed by atoms with Crippen LogP contribution in [-0.2, 0) is 4.79 Å². The zero-order chi connectivity index (χ0) is 10.6. The average Bonchev–Trinajstić information content (AvgIpc) is 2.10. The molecule has 1 rings (SSSR count). The molecule has 0 radical (unpaired) electrons. The number of ether oxygens (including phenoxy) is 1. The highest BCUT2D eigenvalue weighted by Crippen LogP contribution is 2.25. The van der Waals surface area contributed by atoms with E-state index in [2.05, 4.69) is 0 Å². The number of carbonyl (C=O) groups is 1. The van der Waals surface area contributed by atoms with Crippen LogP contribution in [0.15, 0.2) is 30.5 Å². The van der Waals surface area contributed by atoms with Gasteiger partial charge in [-0.2, -0.15) is 0 Å². The molecule has 74 valence electrons. The predicted molar refractivity (Wildman–Crippen MR) is 53.6 cm³/mol. The van der Waals surface area contributed by atoms with Crippen molar-refractivity contribution in [2.45, 2.75) is 6.92 Å². The lowest BCUT2D eigenvalue weighted by molar-refractivity contribution is -0.131. The fourth-order valence-corrected chi connectivity index (χ4v) is 1.03. The molecule has 1 N–H and O–H groups in total. The lowest BCUT2D eigenvalue weighted by Gasteiger charge is -2.03. The van der Waals surface area contributed by atoms with E-state index in [1.165, 1.54) is 0 Å². The maximum Gasteiger partial charge on any atom is 0.331 e. The van der Waals surface area contributed by atoms with Gasteiger partial charge in [0.15, 0.2) is 0 Å². The Bertz CT molecular complexity index is 372. The molecule has 0 aromatic heterocycles. The fourth-order valence-electron chi connectivity index (χ4n) is 0.866. The Hall–Kier alpha value is -1.48. The van der Waals surface area contributed by atoms with Gasteiger partial charge in [-0.05, 0) is 24.6 Å². The van der Waals surface area contributed by atoms with Gasteiger partial charge >= 0.3 is 5.97 Å². The number of benzene rings is 1. The topological polar surface area (TPSA) is 46.5 Å². The minimum absolute atomic E-state index is 0.448. The van der Waals surface area contributed by atoms with E-state index in [0.29, 0.717) is 10.8 Å². The van der Waals surface area contributed by atoms with E-state index >= 15 is 0 Å². The molecule has 0 bridgehead atoms. The van der Waals surface area contributed by atoms with E-state index in [9.17, 15) is 4.79 Å². The molecule has 0 fully saturated rings. The van der Waals surface area contributed by atoms with Gasteiger partial charge in [0.2, 0.25) is 0 Å². The summed E-state index contributed by atoms with van der Waals surface area (Å²) in [5.41, 5.74) is 0.994. The van der Waals surface area contributed by atoms with Crippen LogP contribution in [-0.4, -0.2) is 11.1 Å². The molecular formula is C10H9ClO3. The largest absolute Gasteiger partial charge is 0.478 e. The van der Waals surface area contributed by atoms with Crippen LogP contribution in [0.2, 0.25) is 5.02 Å². The highest BCUT2D eigenvalue weighted by Gasteiger charge is 1.99. The van der Waals surface area contributed by atoms with Crippen LogP contribution in [0.25, 0.3) is 0 Å². The van der Waals surface area contributed by atoms with Crippen molar-refractivity contribution in [1.29, 1.82) is 0 Å². The molecule has 0 aliphatic rings. The number of carboxylic acid groups (broad SMARTS) is 1. The molecule has 1 aromatic rings. The van der Waals surface area contributed by atoms with E-state index in [0.717, 1.165) is 17.9 Å². The molecule has 0 spiro atoms. The minimum Gasteiger partial charge on any atom is -0.478 e. The fraction of sp³-hybridized carbons (Fsp3) is 0.100. The zero-order valence-corrected chi connectivity index (χ0v) is 8.28. The van der Waals surface area contributed by atoms with Crippen molar-refractivity contribution >= 4 is 17.6 Å². The van der Waals surface area contributed by atoms with Crippen molar-refractivity contribution < 1.29 is 14.6 Å². The van der Waals surface area contributed by atoms with E-state index in [1.54, 1.807) is 12.1 Å². The van der Waals surface area contributed by atoms with Gasteiger partial charge in [0, 0.05) is 0 Å². The number of hydrogen-bond acceptors (Lipinski definition) is 2. The third-order valence-corrected chi connectivity index (χ3v) is 1.80. The standard InChI is InChI=1S/C10H9ClO3/c1-7-2-3-8(11)9(6-7)14-5-4-10(12)13/h2-6H,1H3,(H,12,13). The average molecular weight is 213 g/mol. The molecule has 0 unspecified atom stereocenters. The van der Waals surface area contributed by atoms with Gasteiger partial charge in [-0.25, -0.2) is 4.79 Å². The summed E-state index contributed by atoms with van der Waals surface area (Å²) in [5, 5.41) is 8.77. The molecule has 4 heteroatoms. The van der Waals surface area contributed by atoms with Gasteiger partial charge in [0.25, 0.3) is 0 Å². The molecule has 3 nitrogen and oxygen atoms in total. The Morgan fingerprint density at radius 1 is 1.57 bits per heavy atom. The molecule has 0 heterocycles. The molecule has 1 aromatic carbocycles. The lowest BCUT2D eigenvalue weighted by atomic mass is 10.2. The zero-order valence-electron chi connectivity index (χ0n) is 7.53. The smallest absolute Gasteiger partial charge is 0.331 e. The Morgan fingerprint density at radius 2 is 2.29 bits per heavy atom. The lowest BCUT2D eigenvalue weighted by Crippen LogP contribution is -1.90. The van der Waals surface area contributed by atoms with Gasteiger partial charge in [0.1, 0.15) is 5.75 Å². The van der Waals surface area contributed by atoms with E-state index < -0.39 is 5.97 Å². The van der Waals surface area contributed by atoms with Crippen molar-refractivity contribution in [3.63, 3.8) is 0 Å². The summed E-state index contributed by atoms with van der Waals surface area (Å²) < 4.78 is 5.04. The van der Waals surface area contributed by atoms with Crippen molar-refractivity contribution in [3.05, 3.63) is 41.1 Å². The van der Waals surface area contributed by atoms with Gasteiger partial charge < -0.3 is 9.84 Å². The molecule has 14 heavy (non-hydrogen) atoms. The minimum atomic E-state index is -1.06. The molecular weight excluding hydrogens is 204 g/mol. The summed E-state index contributed by atoms with van der Waals surface area (Å²) in [4.78, 5) is 10.1. The van der Waals surface area contributed by atoms with Crippen LogP contribution < -0.4 is 4.74 Å². The van der Waals surface area contributed by atoms with Crippen LogP contribution in [0.5, 0.6) is 5.75 Å². The summed E-state index contributed by atoms with van der Waals surface area (Å²) in [6, 6.07) is 5.27. The summed E-state index contributed by atoms with van der Waals surface area (Å²) in [7, 11) is 0. The normalized spacial score (nSPS) is 10.4. The van der Waals surface area contributed by atoms with Crippen molar-refractivity contribution in [2.75, 3.05) is 0 Å². The second-order valence-electron chi connectivity index (χ2n) is 2.69. The monoisotopic (exact) mass is 212 g/mol. The molecule has 0 amide bonds. The quantitative estimate of drug-likeness (QED) is 0.619. The van der Waals surface area contributed by atoms with E-state index in [4.69, 9.17) is 21.4 Å². The number of hydrogen-bond donors (Lipinski definition) is 1. The Labute approximate surface area is 86.6 Å². The number of aryl methyl sites for hydroxylation is 1. The van der Waals surface area contributed by atoms with Gasteiger partial charge in [-0.3, -0.25) is 0 Å². The number of carboxylic acids is 1. The molecule has 0 atom stereocenters. The maximum atomic E-state index is 10.1. The molecule has 0 saturated carbocycles. The summed E-state index contributed by atoms with van der Waals surface area (Å²) in [6.07, 6.45) is 1.99. The third kappa shape index (κ3) is 3.11. The SMILES string of the molecule is Cc1ccc(Cl)c(OC=CC(=O)O)c1. The predicted octanol–water partition coefficient (Wildman–Crippen LogP) is 2.63. The third-order valence-electron chi connectivity index (χ3n) is 1.49. The van der Waals surface area contributed by atoms with E-state index in [-0.39, 0.29) is 0 Å². The van der Waals surface area contributed by atoms with E-state index in [1.807, 2.05) is 13.0 Å². The van der Waals surface area contributed by atoms with Crippen LogP contribution in [0.1, 0.15) is 5.56 Å². The van der Waals surface area contributed by atoms with Gasteiger partial charge in [0.05, 0.1) is 17.4 Å². The van der Waals surface area contributed by atoms with Gasteiger partial charge in [-0.15, -0.1) is 0 Å². The maximum absolute atomic E-state index is 10.1. The Kier molecular flexibility index (Phi) is 3.54. The number of rotatable bonds is 3. The molecule has 0 aliphatic carbocycles. The second-order valence-corrected chi connectivity index (χ2v) is 3.10. The Morgan fingerprint density at radius 3 is 2.93 bits per heavy atom. The second kappa shape index (κ2) is 4.67. The molecule has 0 aliphatic heterocycles. The van der Waals surface area contributed by atoms with Crippen LogP contribution in [0, 0.1) is 6.92 Å². The first-order valence-corrected chi connectivity index (χ1v) is 4.29. The summed E-state index contributed by atoms with van der Waals surface area (Å²) >= 11 is 5.81. The first-order chi connectivity index (χ1) is 6.59. The van der Waals surface area contributed by atoms with Gasteiger partial charge in [-0.1, -0.05) is 17.7 Å². The molecule has 0 saturated heterocycles. The number of aliphatic carboxylic acids is 1.